The Hall–Kier alpha value is -2.52. The van der Waals surface area contributed by atoms with E-state index in [-0.39, 0.29) is 17.2 Å². The zero-order chi connectivity index (χ0) is 19.3. The first-order chi connectivity index (χ1) is 13.7. The minimum absolute atomic E-state index is 0.132. The quantitative estimate of drug-likeness (QED) is 0.603. The number of aromatic amines is 1. The van der Waals surface area contributed by atoms with E-state index in [4.69, 9.17) is 0 Å². The van der Waals surface area contributed by atoms with Crippen LogP contribution in [0.15, 0.2) is 40.3 Å². The smallest absolute Gasteiger partial charge is 0.273 e. The molecule has 1 aliphatic rings. The van der Waals surface area contributed by atoms with Crippen molar-refractivity contribution in [3.8, 4) is 0 Å². The van der Waals surface area contributed by atoms with Gasteiger partial charge in [0.25, 0.3) is 5.56 Å². The number of fused-ring (bicyclic) bond motifs is 1. The molecule has 1 amide bonds. The largest absolute Gasteiger partial charge is 0.301 e. The fourth-order valence-electron chi connectivity index (χ4n) is 3.01. The van der Waals surface area contributed by atoms with E-state index in [0.29, 0.717) is 22.4 Å². The minimum atomic E-state index is -0.283. The summed E-state index contributed by atoms with van der Waals surface area (Å²) in [6, 6.07) is 9.62. The van der Waals surface area contributed by atoms with Crippen molar-refractivity contribution in [1.29, 1.82) is 0 Å². The van der Waals surface area contributed by atoms with E-state index in [0.717, 1.165) is 42.3 Å². The second kappa shape index (κ2) is 8.66. The maximum absolute atomic E-state index is 12.2. The van der Waals surface area contributed by atoms with Crippen LogP contribution in [0.25, 0.3) is 0 Å². The molecule has 2 N–H and O–H groups in total. The van der Waals surface area contributed by atoms with Gasteiger partial charge >= 0.3 is 0 Å². The van der Waals surface area contributed by atoms with E-state index in [1.54, 1.807) is 11.3 Å². The Morgan fingerprint density at radius 3 is 2.79 bits per heavy atom. The third-order valence-corrected chi connectivity index (χ3v) is 6.33. The zero-order valence-electron chi connectivity index (χ0n) is 15.1. The van der Waals surface area contributed by atoms with Gasteiger partial charge in [0.05, 0.1) is 11.4 Å². The average molecular weight is 414 g/mol. The number of benzene rings is 1. The molecule has 0 bridgehead atoms. The highest BCUT2D eigenvalue weighted by molar-refractivity contribution is 7.99. The summed E-state index contributed by atoms with van der Waals surface area (Å²) in [5, 5.41) is 11.9. The van der Waals surface area contributed by atoms with Crippen LogP contribution in [0.2, 0.25) is 0 Å². The Balaban J connectivity index is 1.33. The van der Waals surface area contributed by atoms with Gasteiger partial charge in [-0.3, -0.25) is 14.6 Å². The molecule has 1 aliphatic carbocycles. The normalized spacial score (nSPS) is 13.1. The van der Waals surface area contributed by atoms with E-state index >= 15 is 0 Å². The summed E-state index contributed by atoms with van der Waals surface area (Å²) in [4.78, 5) is 32.9. The number of thiazole rings is 1. The predicted octanol–water partition coefficient (Wildman–Crippen LogP) is 2.82. The Morgan fingerprint density at radius 1 is 1.18 bits per heavy atom. The monoisotopic (exact) mass is 413 g/mol. The number of rotatable bonds is 6. The Morgan fingerprint density at radius 2 is 2.00 bits per heavy atom. The van der Waals surface area contributed by atoms with Crippen LogP contribution < -0.4 is 10.9 Å². The number of aryl methyl sites for hydroxylation is 2. The number of carbonyl (C=O) groups is 1. The number of aromatic nitrogens is 4. The fraction of sp³-hybridized carbons (Fsp3) is 0.316. The Kier molecular flexibility index (Phi) is 5.82. The molecular formula is C19H19N5O2S2. The van der Waals surface area contributed by atoms with Crippen LogP contribution in [0.4, 0.5) is 5.13 Å². The van der Waals surface area contributed by atoms with Crippen LogP contribution in [0.1, 0.15) is 34.7 Å². The third kappa shape index (κ3) is 4.66. The molecule has 3 aromatic rings. The molecule has 0 aliphatic heterocycles. The molecule has 28 heavy (non-hydrogen) atoms. The van der Waals surface area contributed by atoms with Gasteiger partial charge in [-0.25, -0.2) is 4.98 Å². The van der Waals surface area contributed by atoms with Gasteiger partial charge in [-0.2, -0.15) is 0 Å². The lowest BCUT2D eigenvalue weighted by Gasteiger charge is -2.06. The van der Waals surface area contributed by atoms with Crippen molar-refractivity contribution in [2.24, 2.45) is 0 Å². The molecular weight excluding hydrogens is 394 g/mol. The predicted molar refractivity (Wildman–Crippen MR) is 110 cm³/mol. The van der Waals surface area contributed by atoms with Gasteiger partial charge in [0.15, 0.2) is 10.3 Å². The van der Waals surface area contributed by atoms with Gasteiger partial charge in [0.1, 0.15) is 5.69 Å². The molecule has 0 saturated carbocycles. The van der Waals surface area contributed by atoms with Gasteiger partial charge in [0.2, 0.25) is 5.91 Å². The first-order valence-electron chi connectivity index (χ1n) is 9.08. The minimum Gasteiger partial charge on any atom is -0.301 e. The number of thioether (sulfide) groups is 1. The number of nitrogens with one attached hydrogen (secondary N) is 2. The van der Waals surface area contributed by atoms with Gasteiger partial charge in [-0.05, 0) is 31.2 Å². The van der Waals surface area contributed by atoms with Crippen LogP contribution in [0.5, 0.6) is 0 Å². The molecule has 2 heterocycles. The van der Waals surface area contributed by atoms with Crippen molar-refractivity contribution < 1.29 is 4.79 Å². The summed E-state index contributed by atoms with van der Waals surface area (Å²) in [5.74, 6) is -0.0421. The molecule has 0 atom stereocenters. The van der Waals surface area contributed by atoms with Gasteiger partial charge in [0, 0.05) is 11.3 Å². The van der Waals surface area contributed by atoms with Crippen LogP contribution in [0, 0.1) is 0 Å². The number of hydrogen-bond donors (Lipinski definition) is 2. The number of carbonyl (C=O) groups excluding carboxylic acids is 1. The van der Waals surface area contributed by atoms with Crippen molar-refractivity contribution in [3.63, 3.8) is 0 Å². The summed E-state index contributed by atoms with van der Waals surface area (Å²) in [6.07, 6.45) is 4.80. The SMILES string of the molecule is O=C(CSc1nnc(Cc2ccccc2)c(=O)[nH]1)Nc1nc2c(s1)CCCC2. The second-order valence-electron chi connectivity index (χ2n) is 6.50. The van der Waals surface area contributed by atoms with E-state index in [2.05, 4.69) is 25.5 Å². The van der Waals surface area contributed by atoms with E-state index in [9.17, 15) is 9.59 Å². The van der Waals surface area contributed by atoms with Crippen LogP contribution in [0.3, 0.4) is 0 Å². The molecule has 0 spiro atoms. The maximum Gasteiger partial charge on any atom is 0.273 e. The molecule has 1 aromatic carbocycles. The van der Waals surface area contributed by atoms with Crippen molar-refractivity contribution >= 4 is 34.1 Å². The Labute approximate surface area is 170 Å². The fourth-order valence-corrected chi connectivity index (χ4v) is 4.68. The first kappa shape index (κ1) is 18.8. The average Bonchev–Trinajstić information content (AvgIpc) is 3.11. The third-order valence-electron chi connectivity index (χ3n) is 4.39. The van der Waals surface area contributed by atoms with Crippen LogP contribution in [-0.2, 0) is 24.1 Å². The zero-order valence-corrected chi connectivity index (χ0v) is 16.7. The number of anilines is 1. The molecule has 0 fully saturated rings. The second-order valence-corrected chi connectivity index (χ2v) is 8.55. The number of amides is 1. The lowest BCUT2D eigenvalue weighted by Crippen LogP contribution is -2.19. The van der Waals surface area contributed by atoms with Crippen LogP contribution >= 0.6 is 23.1 Å². The Bertz CT molecular complexity index is 1010. The summed E-state index contributed by atoms with van der Waals surface area (Å²) >= 11 is 2.70. The summed E-state index contributed by atoms with van der Waals surface area (Å²) < 4.78 is 0. The van der Waals surface area contributed by atoms with Crippen molar-refractivity contribution in [2.45, 2.75) is 37.3 Å². The summed E-state index contributed by atoms with van der Waals surface area (Å²) in [7, 11) is 0. The lowest BCUT2D eigenvalue weighted by atomic mass is 10.0. The molecule has 4 rings (SSSR count). The summed E-state index contributed by atoms with van der Waals surface area (Å²) in [5.41, 5.74) is 2.18. The van der Waals surface area contributed by atoms with Gasteiger partial charge < -0.3 is 5.32 Å². The van der Waals surface area contributed by atoms with E-state index in [1.165, 1.54) is 11.3 Å². The maximum atomic E-state index is 12.2. The van der Waals surface area contributed by atoms with Crippen molar-refractivity contribution in [1.82, 2.24) is 20.2 Å². The molecule has 7 nitrogen and oxygen atoms in total. The van der Waals surface area contributed by atoms with Crippen molar-refractivity contribution in [3.05, 3.63) is 62.5 Å². The van der Waals surface area contributed by atoms with Crippen molar-refractivity contribution in [2.75, 3.05) is 11.1 Å². The number of nitrogens with zero attached hydrogens (tertiary/aromatic N) is 3. The summed E-state index contributed by atoms with van der Waals surface area (Å²) in [6.45, 7) is 0. The number of hydrogen-bond acceptors (Lipinski definition) is 7. The van der Waals surface area contributed by atoms with Crippen LogP contribution in [-0.4, -0.2) is 31.8 Å². The molecule has 9 heteroatoms. The molecule has 144 valence electrons. The topological polar surface area (TPSA) is 101 Å². The first-order valence-corrected chi connectivity index (χ1v) is 10.9. The highest BCUT2D eigenvalue weighted by Gasteiger charge is 2.16. The molecule has 0 radical (unpaired) electrons. The number of H-pyrrole nitrogens is 1. The highest BCUT2D eigenvalue weighted by Crippen LogP contribution is 2.29. The lowest BCUT2D eigenvalue weighted by molar-refractivity contribution is -0.113. The van der Waals surface area contributed by atoms with Gasteiger partial charge in [-0.1, -0.05) is 42.1 Å². The molecule has 0 unspecified atom stereocenters. The van der Waals surface area contributed by atoms with E-state index < -0.39 is 0 Å². The molecule has 0 saturated heterocycles. The van der Waals surface area contributed by atoms with Gasteiger partial charge in [-0.15, -0.1) is 21.5 Å². The standard InChI is InChI=1S/C19H19N5O2S2/c25-16(21-18-20-13-8-4-5-9-15(13)28-18)11-27-19-22-17(26)14(23-24-19)10-12-6-2-1-3-7-12/h1-3,6-7H,4-5,8-11H2,(H,20,21,25)(H,22,24,26). The molecule has 2 aromatic heterocycles. The van der Waals surface area contributed by atoms with E-state index in [1.807, 2.05) is 30.3 Å². The highest BCUT2D eigenvalue weighted by atomic mass is 32.2.